The quantitative estimate of drug-likeness (QED) is 0.854. The normalized spacial score (nSPS) is 12.6. The Morgan fingerprint density at radius 1 is 1.30 bits per heavy atom. The van der Waals surface area contributed by atoms with Crippen molar-refractivity contribution in [3.63, 3.8) is 0 Å². The van der Waals surface area contributed by atoms with E-state index in [1.807, 2.05) is 30.7 Å². The largest absolute Gasteiger partial charge is 0.333 e. The molecule has 1 atom stereocenters. The molecule has 0 spiro atoms. The Hall–Kier alpha value is -1.03. The zero-order valence-electron chi connectivity index (χ0n) is 11.7. The van der Waals surface area contributed by atoms with Crippen molar-refractivity contribution in [1.29, 1.82) is 0 Å². The molecule has 108 valence electrons. The number of benzene rings is 1. The first-order valence-electron chi connectivity index (χ1n) is 6.79. The fourth-order valence-electron chi connectivity index (χ4n) is 2.09. The molecule has 2 rings (SSSR count). The molecule has 0 saturated carbocycles. The standard InChI is InChI=1S/C15H19Cl2N3/c1-3-6-20-10-18-8-13(20)9-19-11(2)12-4-5-14(16)15(17)7-12/h4-5,7-8,10-11,19H,3,6,9H2,1-2H3. The lowest BCUT2D eigenvalue weighted by molar-refractivity contribution is 0.541. The zero-order chi connectivity index (χ0) is 14.5. The molecular weight excluding hydrogens is 293 g/mol. The third-order valence-corrected chi connectivity index (χ3v) is 4.04. The number of nitrogens with zero attached hydrogens (tertiary/aromatic N) is 2. The number of halogens is 2. The lowest BCUT2D eigenvalue weighted by Crippen LogP contribution is -2.20. The number of hydrogen-bond donors (Lipinski definition) is 1. The number of hydrogen-bond acceptors (Lipinski definition) is 2. The summed E-state index contributed by atoms with van der Waals surface area (Å²) in [6, 6.07) is 5.94. The van der Waals surface area contributed by atoms with Crippen LogP contribution in [0.15, 0.2) is 30.7 Å². The molecule has 0 amide bonds. The number of aromatic nitrogens is 2. The molecule has 1 heterocycles. The number of rotatable bonds is 6. The Morgan fingerprint density at radius 3 is 2.80 bits per heavy atom. The van der Waals surface area contributed by atoms with Crippen LogP contribution in [-0.4, -0.2) is 9.55 Å². The molecule has 0 aliphatic carbocycles. The summed E-state index contributed by atoms with van der Waals surface area (Å²) in [7, 11) is 0. The van der Waals surface area contributed by atoms with Crippen LogP contribution in [-0.2, 0) is 13.1 Å². The molecule has 1 aromatic carbocycles. The minimum atomic E-state index is 0.203. The predicted octanol–water partition coefficient (Wildman–Crippen LogP) is 4.45. The molecule has 0 bridgehead atoms. The first-order chi connectivity index (χ1) is 9.61. The van der Waals surface area contributed by atoms with Crippen molar-refractivity contribution in [2.45, 2.75) is 39.4 Å². The lowest BCUT2D eigenvalue weighted by Gasteiger charge is -2.15. The number of nitrogens with one attached hydrogen (secondary N) is 1. The number of imidazole rings is 1. The van der Waals surface area contributed by atoms with Gasteiger partial charge in [0.15, 0.2) is 0 Å². The van der Waals surface area contributed by atoms with Crippen LogP contribution in [0.2, 0.25) is 10.0 Å². The Labute approximate surface area is 129 Å². The van der Waals surface area contributed by atoms with E-state index in [4.69, 9.17) is 23.2 Å². The SMILES string of the molecule is CCCn1cncc1CNC(C)c1ccc(Cl)c(Cl)c1. The summed E-state index contributed by atoms with van der Waals surface area (Å²) in [6.45, 7) is 6.05. The smallest absolute Gasteiger partial charge is 0.0948 e. The van der Waals surface area contributed by atoms with Gasteiger partial charge in [-0.15, -0.1) is 0 Å². The molecule has 0 aliphatic heterocycles. The van der Waals surface area contributed by atoms with E-state index in [-0.39, 0.29) is 6.04 Å². The summed E-state index contributed by atoms with van der Waals surface area (Å²) in [6.07, 6.45) is 4.89. The van der Waals surface area contributed by atoms with Gasteiger partial charge in [0, 0.05) is 25.3 Å². The third kappa shape index (κ3) is 3.75. The van der Waals surface area contributed by atoms with Crippen molar-refractivity contribution in [3.8, 4) is 0 Å². The maximum Gasteiger partial charge on any atom is 0.0948 e. The highest BCUT2D eigenvalue weighted by Gasteiger charge is 2.09. The summed E-state index contributed by atoms with van der Waals surface area (Å²) in [5, 5.41) is 4.66. The first-order valence-corrected chi connectivity index (χ1v) is 7.54. The van der Waals surface area contributed by atoms with Crippen molar-refractivity contribution in [3.05, 3.63) is 52.0 Å². The van der Waals surface area contributed by atoms with Gasteiger partial charge in [0.25, 0.3) is 0 Å². The molecule has 0 aliphatic rings. The average Bonchev–Trinajstić information content (AvgIpc) is 2.87. The minimum absolute atomic E-state index is 0.203. The van der Waals surface area contributed by atoms with E-state index >= 15 is 0 Å². The maximum atomic E-state index is 6.05. The highest BCUT2D eigenvalue weighted by Crippen LogP contribution is 2.25. The van der Waals surface area contributed by atoms with Crippen LogP contribution in [0.3, 0.4) is 0 Å². The van der Waals surface area contributed by atoms with E-state index in [0.29, 0.717) is 10.0 Å². The van der Waals surface area contributed by atoms with Crippen LogP contribution in [0.4, 0.5) is 0 Å². The Balaban J connectivity index is 1.99. The molecule has 1 unspecified atom stereocenters. The van der Waals surface area contributed by atoms with Gasteiger partial charge in [0.05, 0.1) is 22.1 Å². The average molecular weight is 312 g/mol. The third-order valence-electron chi connectivity index (χ3n) is 3.30. The highest BCUT2D eigenvalue weighted by atomic mass is 35.5. The van der Waals surface area contributed by atoms with Gasteiger partial charge < -0.3 is 9.88 Å². The van der Waals surface area contributed by atoms with E-state index in [0.717, 1.165) is 25.1 Å². The summed E-state index contributed by atoms with van der Waals surface area (Å²) in [5.74, 6) is 0. The van der Waals surface area contributed by atoms with Gasteiger partial charge in [0.1, 0.15) is 0 Å². The second-order valence-electron chi connectivity index (χ2n) is 4.85. The Bertz CT molecular complexity index is 566. The van der Waals surface area contributed by atoms with Crippen molar-refractivity contribution in [2.75, 3.05) is 0 Å². The monoisotopic (exact) mass is 311 g/mol. The molecule has 0 saturated heterocycles. The Morgan fingerprint density at radius 2 is 2.10 bits per heavy atom. The van der Waals surface area contributed by atoms with Crippen LogP contribution in [0.5, 0.6) is 0 Å². The molecular formula is C15H19Cl2N3. The van der Waals surface area contributed by atoms with Crippen LogP contribution in [0.25, 0.3) is 0 Å². The number of aryl methyl sites for hydroxylation is 1. The first kappa shape index (κ1) is 15.4. The van der Waals surface area contributed by atoms with Crippen molar-refractivity contribution < 1.29 is 0 Å². The summed E-state index contributed by atoms with van der Waals surface area (Å²) >= 11 is 12.0. The lowest BCUT2D eigenvalue weighted by atomic mass is 10.1. The van der Waals surface area contributed by atoms with Crippen LogP contribution in [0, 0.1) is 0 Å². The van der Waals surface area contributed by atoms with Gasteiger partial charge in [-0.3, -0.25) is 0 Å². The minimum Gasteiger partial charge on any atom is -0.333 e. The van der Waals surface area contributed by atoms with E-state index in [1.165, 1.54) is 5.69 Å². The fourth-order valence-corrected chi connectivity index (χ4v) is 2.40. The van der Waals surface area contributed by atoms with Gasteiger partial charge in [-0.1, -0.05) is 36.2 Å². The van der Waals surface area contributed by atoms with Gasteiger partial charge >= 0.3 is 0 Å². The molecule has 5 heteroatoms. The molecule has 20 heavy (non-hydrogen) atoms. The molecule has 1 aromatic heterocycles. The molecule has 3 nitrogen and oxygen atoms in total. The second kappa shape index (κ2) is 7.11. The van der Waals surface area contributed by atoms with Gasteiger partial charge in [0.2, 0.25) is 0 Å². The highest BCUT2D eigenvalue weighted by molar-refractivity contribution is 6.42. The van der Waals surface area contributed by atoms with Gasteiger partial charge in [-0.2, -0.15) is 0 Å². The molecule has 1 N–H and O–H groups in total. The predicted molar refractivity (Wildman–Crippen MR) is 84.2 cm³/mol. The topological polar surface area (TPSA) is 29.9 Å². The van der Waals surface area contributed by atoms with Gasteiger partial charge in [-0.25, -0.2) is 4.98 Å². The van der Waals surface area contributed by atoms with Crippen LogP contribution >= 0.6 is 23.2 Å². The zero-order valence-corrected chi connectivity index (χ0v) is 13.2. The summed E-state index contributed by atoms with van der Waals surface area (Å²) in [5.41, 5.74) is 2.32. The van der Waals surface area contributed by atoms with Crippen LogP contribution < -0.4 is 5.32 Å². The van der Waals surface area contributed by atoms with E-state index in [1.54, 1.807) is 0 Å². The van der Waals surface area contributed by atoms with Crippen LogP contribution in [0.1, 0.15) is 37.6 Å². The molecule has 2 aromatic rings. The van der Waals surface area contributed by atoms with Crippen molar-refractivity contribution in [2.24, 2.45) is 0 Å². The van der Waals surface area contributed by atoms with Crippen molar-refractivity contribution in [1.82, 2.24) is 14.9 Å². The van der Waals surface area contributed by atoms with Crippen molar-refractivity contribution >= 4 is 23.2 Å². The van der Waals surface area contributed by atoms with E-state index in [2.05, 4.69) is 28.7 Å². The maximum absolute atomic E-state index is 6.05. The molecule has 0 radical (unpaired) electrons. The Kier molecular flexibility index (Phi) is 5.46. The molecule has 0 fully saturated rings. The van der Waals surface area contributed by atoms with E-state index < -0.39 is 0 Å². The van der Waals surface area contributed by atoms with E-state index in [9.17, 15) is 0 Å². The summed E-state index contributed by atoms with van der Waals surface area (Å²) in [4.78, 5) is 4.20. The second-order valence-corrected chi connectivity index (χ2v) is 5.67. The summed E-state index contributed by atoms with van der Waals surface area (Å²) < 4.78 is 2.18. The fraction of sp³-hybridized carbons (Fsp3) is 0.400. The van der Waals surface area contributed by atoms with Gasteiger partial charge in [-0.05, 0) is 31.0 Å².